The number of nitrogens with one attached hydrogen (secondary N) is 1. The number of hydrogen-bond acceptors (Lipinski definition) is 1. The van der Waals surface area contributed by atoms with E-state index in [2.05, 4.69) is 44.3 Å². The van der Waals surface area contributed by atoms with E-state index in [-0.39, 0.29) is 0 Å². The number of rotatable bonds is 5. The van der Waals surface area contributed by atoms with Gasteiger partial charge in [0.25, 0.3) is 0 Å². The summed E-state index contributed by atoms with van der Waals surface area (Å²) >= 11 is 0. The van der Waals surface area contributed by atoms with Gasteiger partial charge >= 0.3 is 0 Å². The smallest absolute Gasteiger partial charge is 0.00111 e. The minimum absolute atomic E-state index is 0.547. The molecule has 0 radical (unpaired) electrons. The molecule has 0 aromatic heterocycles. The first-order valence-corrected chi connectivity index (χ1v) is 7.89. The molecule has 3 rings (SSSR count). The van der Waals surface area contributed by atoms with Gasteiger partial charge in [-0.05, 0) is 80.0 Å². The van der Waals surface area contributed by atoms with Crippen LogP contribution < -0.4 is 5.32 Å². The van der Waals surface area contributed by atoms with E-state index in [1.807, 2.05) is 0 Å². The maximum Gasteiger partial charge on any atom is 0.00111 e. The fourth-order valence-electron chi connectivity index (χ4n) is 4.09. The van der Waals surface area contributed by atoms with Crippen LogP contribution in [0.15, 0.2) is 18.2 Å². The van der Waals surface area contributed by atoms with E-state index in [4.69, 9.17) is 0 Å². The average Bonchev–Trinajstić information content (AvgIpc) is 3.00. The van der Waals surface area contributed by atoms with E-state index < -0.39 is 0 Å². The molecule has 0 bridgehead atoms. The van der Waals surface area contributed by atoms with Crippen molar-refractivity contribution in [3.05, 3.63) is 34.9 Å². The predicted octanol–water partition coefficient (Wildman–Crippen LogP) is 3.87. The predicted molar refractivity (Wildman–Crippen MR) is 81.4 cm³/mol. The van der Waals surface area contributed by atoms with Crippen LogP contribution in [-0.2, 0) is 6.42 Å². The second-order valence-electron chi connectivity index (χ2n) is 7.04. The molecule has 1 aromatic rings. The third-order valence-electron chi connectivity index (χ3n) is 5.36. The van der Waals surface area contributed by atoms with Crippen molar-refractivity contribution in [1.29, 1.82) is 0 Å². The van der Waals surface area contributed by atoms with Crippen LogP contribution in [-0.4, -0.2) is 13.1 Å². The molecule has 1 nitrogen and oxygen atoms in total. The van der Waals surface area contributed by atoms with Gasteiger partial charge in [0.2, 0.25) is 0 Å². The molecule has 0 amide bonds. The van der Waals surface area contributed by atoms with Crippen molar-refractivity contribution >= 4 is 0 Å². The Kier molecular flexibility index (Phi) is 3.42. The van der Waals surface area contributed by atoms with Gasteiger partial charge in [-0.3, -0.25) is 0 Å². The minimum atomic E-state index is 0.547. The molecule has 19 heavy (non-hydrogen) atoms. The van der Waals surface area contributed by atoms with Crippen molar-refractivity contribution in [2.24, 2.45) is 17.3 Å². The number of fused-ring (bicyclic) bond motifs is 1. The molecule has 2 saturated carbocycles. The van der Waals surface area contributed by atoms with Crippen LogP contribution in [0.2, 0.25) is 0 Å². The van der Waals surface area contributed by atoms with Crippen molar-refractivity contribution < 1.29 is 0 Å². The van der Waals surface area contributed by atoms with E-state index in [1.54, 1.807) is 5.56 Å². The lowest BCUT2D eigenvalue weighted by atomic mass is 9.77. The SMILES string of the molecule is CCNCC1(Cc2ccc(C)c(C)c2)CC2CC2C1. The Bertz CT molecular complexity index is 453. The molecule has 0 aliphatic heterocycles. The summed E-state index contributed by atoms with van der Waals surface area (Å²) in [5.74, 6) is 2.12. The second kappa shape index (κ2) is 4.94. The van der Waals surface area contributed by atoms with E-state index in [0.717, 1.165) is 18.4 Å². The van der Waals surface area contributed by atoms with Gasteiger partial charge in [-0.1, -0.05) is 25.1 Å². The summed E-state index contributed by atoms with van der Waals surface area (Å²) in [6, 6.07) is 7.05. The molecule has 1 aromatic carbocycles. The van der Waals surface area contributed by atoms with E-state index in [9.17, 15) is 0 Å². The van der Waals surface area contributed by atoms with Crippen LogP contribution >= 0.6 is 0 Å². The largest absolute Gasteiger partial charge is 0.316 e. The van der Waals surface area contributed by atoms with Gasteiger partial charge in [0, 0.05) is 6.54 Å². The van der Waals surface area contributed by atoms with Crippen molar-refractivity contribution in [2.75, 3.05) is 13.1 Å². The van der Waals surface area contributed by atoms with Gasteiger partial charge in [0.15, 0.2) is 0 Å². The van der Waals surface area contributed by atoms with Crippen LogP contribution in [0.5, 0.6) is 0 Å². The number of aryl methyl sites for hydroxylation is 2. The van der Waals surface area contributed by atoms with Crippen LogP contribution in [0, 0.1) is 31.1 Å². The molecular weight excluding hydrogens is 230 g/mol. The highest BCUT2D eigenvalue weighted by Crippen LogP contribution is 2.60. The second-order valence-corrected chi connectivity index (χ2v) is 7.04. The van der Waals surface area contributed by atoms with E-state index in [1.165, 1.54) is 43.4 Å². The Hall–Kier alpha value is -0.820. The van der Waals surface area contributed by atoms with Gasteiger partial charge in [-0.15, -0.1) is 0 Å². The quantitative estimate of drug-likeness (QED) is 0.844. The molecule has 0 saturated heterocycles. The lowest BCUT2D eigenvalue weighted by molar-refractivity contribution is 0.250. The maximum absolute atomic E-state index is 3.62. The first-order valence-electron chi connectivity index (χ1n) is 7.89. The Morgan fingerprint density at radius 3 is 2.53 bits per heavy atom. The maximum atomic E-state index is 3.62. The molecule has 2 fully saturated rings. The Morgan fingerprint density at radius 2 is 1.89 bits per heavy atom. The summed E-state index contributed by atoms with van der Waals surface area (Å²) in [6.07, 6.45) is 5.70. The van der Waals surface area contributed by atoms with Crippen LogP contribution in [0.4, 0.5) is 0 Å². The minimum Gasteiger partial charge on any atom is -0.316 e. The summed E-state index contributed by atoms with van der Waals surface area (Å²) < 4.78 is 0. The van der Waals surface area contributed by atoms with Gasteiger partial charge in [0.05, 0.1) is 0 Å². The summed E-state index contributed by atoms with van der Waals surface area (Å²) in [5.41, 5.74) is 4.95. The van der Waals surface area contributed by atoms with Gasteiger partial charge in [0.1, 0.15) is 0 Å². The molecule has 0 spiro atoms. The molecule has 1 heteroatoms. The lowest BCUT2D eigenvalue weighted by Crippen LogP contribution is -2.35. The zero-order valence-electron chi connectivity index (χ0n) is 12.6. The molecule has 2 unspecified atom stereocenters. The first kappa shape index (κ1) is 13.2. The summed E-state index contributed by atoms with van der Waals surface area (Å²) in [7, 11) is 0. The zero-order valence-corrected chi connectivity index (χ0v) is 12.6. The number of benzene rings is 1. The van der Waals surface area contributed by atoms with Crippen molar-refractivity contribution in [2.45, 2.75) is 46.5 Å². The summed E-state index contributed by atoms with van der Waals surface area (Å²) in [4.78, 5) is 0. The normalized spacial score (nSPS) is 32.4. The monoisotopic (exact) mass is 257 g/mol. The highest BCUT2D eigenvalue weighted by Gasteiger charge is 2.53. The molecule has 2 aliphatic carbocycles. The van der Waals surface area contributed by atoms with Crippen LogP contribution in [0.25, 0.3) is 0 Å². The fourth-order valence-corrected chi connectivity index (χ4v) is 4.09. The highest BCUT2D eigenvalue weighted by molar-refractivity contribution is 5.31. The van der Waals surface area contributed by atoms with Gasteiger partial charge in [-0.25, -0.2) is 0 Å². The third-order valence-corrected chi connectivity index (χ3v) is 5.36. The molecule has 0 heterocycles. The Labute approximate surface area is 117 Å². The van der Waals surface area contributed by atoms with Gasteiger partial charge in [-0.2, -0.15) is 0 Å². The highest BCUT2D eigenvalue weighted by atomic mass is 14.9. The van der Waals surface area contributed by atoms with Crippen LogP contribution in [0.3, 0.4) is 0 Å². The molecular formula is C18H27N. The first-order chi connectivity index (χ1) is 9.12. The molecule has 2 aliphatic rings. The standard InChI is InChI=1S/C18H27N/c1-4-19-12-18(10-16-8-17(16)11-18)9-15-6-5-13(2)14(3)7-15/h5-7,16-17,19H,4,8-12H2,1-3H3. The molecule has 1 N–H and O–H groups in total. The Morgan fingerprint density at radius 1 is 1.16 bits per heavy atom. The zero-order chi connectivity index (χ0) is 13.5. The van der Waals surface area contributed by atoms with Crippen molar-refractivity contribution in [1.82, 2.24) is 5.32 Å². The van der Waals surface area contributed by atoms with E-state index in [0.29, 0.717) is 5.41 Å². The summed E-state index contributed by atoms with van der Waals surface area (Å²) in [5, 5.41) is 3.62. The summed E-state index contributed by atoms with van der Waals surface area (Å²) in [6.45, 7) is 8.98. The lowest BCUT2D eigenvalue weighted by Gasteiger charge is -2.31. The van der Waals surface area contributed by atoms with Crippen molar-refractivity contribution in [3.63, 3.8) is 0 Å². The third kappa shape index (κ3) is 2.72. The Balaban J connectivity index is 1.75. The topological polar surface area (TPSA) is 12.0 Å². The van der Waals surface area contributed by atoms with Crippen LogP contribution in [0.1, 0.15) is 42.9 Å². The fraction of sp³-hybridized carbons (Fsp3) is 0.667. The van der Waals surface area contributed by atoms with Crippen molar-refractivity contribution in [3.8, 4) is 0 Å². The van der Waals surface area contributed by atoms with Gasteiger partial charge < -0.3 is 5.32 Å². The molecule has 104 valence electrons. The van der Waals surface area contributed by atoms with E-state index >= 15 is 0 Å². The average molecular weight is 257 g/mol. The molecule has 2 atom stereocenters. The number of hydrogen-bond donors (Lipinski definition) is 1.